The van der Waals surface area contributed by atoms with Gasteiger partial charge in [0.25, 0.3) is 0 Å². The maximum Gasteiger partial charge on any atom is 0.171 e. The number of ether oxygens (including phenoxy) is 1. The van der Waals surface area contributed by atoms with Crippen LogP contribution in [0.3, 0.4) is 0 Å². The van der Waals surface area contributed by atoms with Crippen molar-refractivity contribution < 1.29 is 19.8 Å². The van der Waals surface area contributed by atoms with E-state index in [9.17, 15) is 10.2 Å². The Bertz CT molecular complexity index is 827. The second kappa shape index (κ2) is 9.08. The van der Waals surface area contributed by atoms with Gasteiger partial charge < -0.3 is 19.8 Å². The molecular weight excluding hydrogens is 368 g/mol. The first-order chi connectivity index (χ1) is 13.8. The number of hydroxylamine groups is 2. The molecule has 3 rings (SSSR count). The van der Waals surface area contributed by atoms with Crippen LogP contribution in [-0.2, 0) is 9.57 Å². The number of benzene rings is 1. The number of phenols is 2. The number of hydrogen-bond donors (Lipinski definition) is 2. The van der Waals surface area contributed by atoms with E-state index in [0.717, 1.165) is 24.2 Å². The highest BCUT2D eigenvalue weighted by molar-refractivity contribution is 5.74. The van der Waals surface area contributed by atoms with Crippen LogP contribution < -0.4 is 0 Å². The lowest BCUT2D eigenvalue weighted by Gasteiger charge is -2.34. The number of nitrogens with zero attached hydrogens (tertiary/aromatic N) is 2. The van der Waals surface area contributed by atoms with Gasteiger partial charge in [-0.05, 0) is 38.3 Å². The Kier molecular flexibility index (Phi) is 6.74. The quantitative estimate of drug-likeness (QED) is 0.756. The van der Waals surface area contributed by atoms with E-state index in [4.69, 9.17) is 9.57 Å². The predicted octanol–water partition coefficient (Wildman–Crippen LogP) is 3.31. The Morgan fingerprint density at radius 1 is 1.14 bits per heavy atom. The fraction of sp³-hybridized carbons (Fsp3) is 0.565. The SMILES string of the molecule is CCN1CC(C#CCN2C[C@@H](C)O[C@@H](C)C2)=C(c2cc(C(C)C)c(O)cc2O)O1. The third-order valence-electron chi connectivity index (χ3n) is 5.23. The molecule has 0 radical (unpaired) electrons. The zero-order chi connectivity index (χ0) is 21.1. The summed E-state index contributed by atoms with van der Waals surface area (Å²) in [6.45, 7) is 13.9. The molecule has 29 heavy (non-hydrogen) atoms. The molecule has 0 aliphatic carbocycles. The molecule has 2 aliphatic rings. The summed E-state index contributed by atoms with van der Waals surface area (Å²) in [4.78, 5) is 8.28. The maximum absolute atomic E-state index is 10.5. The van der Waals surface area contributed by atoms with Crippen LogP contribution in [0.15, 0.2) is 17.7 Å². The van der Waals surface area contributed by atoms with Gasteiger partial charge in [-0.3, -0.25) is 4.90 Å². The van der Waals surface area contributed by atoms with Gasteiger partial charge in [0.1, 0.15) is 11.5 Å². The molecule has 1 fully saturated rings. The monoisotopic (exact) mass is 400 g/mol. The first kappa shape index (κ1) is 21.5. The second-order valence-electron chi connectivity index (χ2n) is 8.19. The van der Waals surface area contributed by atoms with Gasteiger partial charge in [0, 0.05) is 25.7 Å². The van der Waals surface area contributed by atoms with Gasteiger partial charge in [0.2, 0.25) is 0 Å². The molecule has 0 spiro atoms. The van der Waals surface area contributed by atoms with Gasteiger partial charge in [-0.15, -0.1) is 5.06 Å². The summed E-state index contributed by atoms with van der Waals surface area (Å²) in [6, 6.07) is 3.19. The van der Waals surface area contributed by atoms with Crippen LogP contribution in [0.4, 0.5) is 0 Å². The van der Waals surface area contributed by atoms with Crippen LogP contribution in [0.2, 0.25) is 0 Å². The minimum absolute atomic E-state index is 0.00465. The Labute approximate surface area is 173 Å². The van der Waals surface area contributed by atoms with E-state index < -0.39 is 0 Å². The molecule has 0 aromatic heterocycles. The summed E-state index contributed by atoms with van der Waals surface area (Å²) >= 11 is 0. The van der Waals surface area contributed by atoms with Crippen LogP contribution in [0.1, 0.15) is 51.7 Å². The first-order valence-corrected chi connectivity index (χ1v) is 10.4. The zero-order valence-electron chi connectivity index (χ0n) is 18.0. The topological polar surface area (TPSA) is 65.4 Å². The molecular formula is C23H32N2O4. The predicted molar refractivity (Wildman–Crippen MR) is 113 cm³/mol. The highest BCUT2D eigenvalue weighted by atomic mass is 16.7. The summed E-state index contributed by atoms with van der Waals surface area (Å²) in [5.74, 6) is 7.33. The molecule has 158 valence electrons. The molecule has 2 heterocycles. The van der Waals surface area contributed by atoms with Crippen molar-refractivity contribution in [1.29, 1.82) is 0 Å². The molecule has 0 unspecified atom stereocenters. The number of hydrogen-bond acceptors (Lipinski definition) is 6. The molecule has 6 nitrogen and oxygen atoms in total. The molecule has 6 heteroatoms. The summed E-state index contributed by atoms with van der Waals surface area (Å²) in [5, 5.41) is 22.4. The second-order valence-corrected chi connectivity index (χ2v) is 8.19. The van der Waals surface area contributed by atoms with E-state index in [1.165, 1.54) is 6.07 Å². The van der Waals surface area contributed by atoms with Gasteiger partial charge in [-0.1, -0.05) is 25.7 Å². The van der Waals surface area contributed by atoms with Crippen LogP contribution in [0.25, 0.3) is 5.76 Å². The molecule has 1 saturated heterocycles. The fourth-order valence-corrected chi connectivity index (χ4v) is 3.86. The van der Waals surface area contributed by atoms with Gasteiger partial charge in [-0.2, -0.15) is 0 Å². The van der Waals surface area contributed by atoms with E-state index in [0.29, 0.717) is 31.0 Å². The largest absolute Gasteiger partial charge is 0.508 e. The van der Waals surface area contributed by atoms with E-state index in [1.54, 1.807) is 6.07 Å². The average molecular weight is 401 g/mol. The standard InChI is InChI=1S/C23H32N2O4/c1-6-25-14-18(8-7-9-24-12-16(4)28-17(5)13-24)23(29-25)20-10-19(15(2)3)21(26)11-22(20)27/h10-11,15-17,26-27H,6,9,12-14H2,1-5H3/t16-,17+. The third kappa shape index (κ3) is 5.05. The summed E-state index contributed by atoms with van der Waals surface area (Å²) < 4.78 is 5.78. The van der Waals surface area contributed by atoms with Crippen molar-refractivity contribution >= 4 is 5.76 Å². The van der Waals surface area contributed by atoms with E-state index in [-0.39, 0.29) is 29.6 Å². The van der Waals surface area contributed by atoms with E-state index in [1.807, 2.05) is 25.8 Å². The van der Waals surface area contributed by atoms with Gasteiger partial charge in [0.15, 0.2) is 5.76 Å². The van der Waals surface area contributed by atoms with Gasteiger partial charge in [-0.25, -0.2) is 0 Å². The maximum atomic E-state index is 10.5. The number of aromatic hydroxyl groups is 2. The average Bonchev–Trinajstić information content (AvgIpc) is 3.03. The molecule has 1 aromatic carbocycles. The molecule has 2 aliphatic heterocycles. The summed E-state index contributed by atoms with van der Waals surface area (Å²) in [5.41, 5.74) is 2.18. The minimum Gasteiger partial charge on any atom is -0.508 e. The van der Waals surface area contributed by atoms with Crippen molar-refractivity contribution in [3.63, 3.8) is 0 Å². The Balaban J connectivity index is 1.88. The number of morpholine rings is 1. The van der Waals surface area contributed by atoms with Crippen molar-refractivity contribution in [2.45, 2.75) is 52.7 Å². The van der Waals surface area contributed by atoms with Crippen molar-refractivity contribution in [3.8, 4) is 23.3 Å². The summed E-state index contributed by atoms with van der Waals surface area (Å²) in [6.07, 6.45) is 0.424. The fourth-order valence-electron chi connectivity index (χ4n) is 3.86. The lowest BCUT2D eigenvalue weighted by atomic mass is 9.97. The van der Waals surface area contributed by atoms with E-state index in [2.05, 4.69) is 30.6 Å². The molecule has 2 atom stereocenters. The Morgan fingerprint density at radius 3 is 2.45 bits per heavy atom. The lowest BCUT2D eigenvalue weighted by Crippen LogP contribution is -2.45. The molecule has 0 bridgehead atoms. The zero-order valence-corrected chi connectivity index (χ0v) is 18.0. The van der Waals surface area contributed by atoms with Crippen molar-refractivity contribution in [3.05, 3.63) is 28.8 Å². The number of phenolic OH excluding ortho intramolecular Hbond substituents is 2. The molecule has 2 N–H and O–H groups in total. The van der Waals surface area contributed by atoms with Crippen LogP contribution >= 0.6 is 0 Å². The molecule has 0 amide bonds. The lowest BCUT2D eigenvalue weighted by molar-refractivity contribution is -0.0640. The minimum atomic E-state index is -0.00465. The Morgan fingerprint density at radius 2 is 1.83 bits per heavy atom. The van der Waals surface area contributed by atoms with Gasteiger partial charge >= 0.3 is 0 Å². The van der Waals surface area contributed by atoms with Crippen molar-refractivity contribution in [2.75, 3.05) is 32.7 Å². The number of rotatable bonds is 4. The normalized spacial score (nSPS) is 23.2. The molecule has 1 aromatic rings. The summed E-state index contributed by atoms with van der Waals surface area (Å²) in [7, 11) is 0. The third-order valence-corrected chi connectivity index (χ3v) is 5.23. The van der Waals surface area contributed by atoms with Crippen molar-refractivity contribution in [2.24, 2.45) is 0 Å². The molecule has 0 saturated carbocycles. The van der Waals surface area contributed by atoms with Gasteiger partial charge in [0.05, 0.1) is 36.4 Å². The van der Waals surface area contributed by atoms with E-state index >= 15 is 0 Å². The Hall–Kier alpha value is -2.20. The van der Waals surface area contributed by atoms with Crippen LogP contribution in [0, 0.1) is 11.8 Å². The first-order valence-electron chi connectivity index (χ1n) is 10.4. The number of likely N-dealkylation sites (N-methyl/N-ethyl adjacent to an activating group) is 1. The van der Waals surface area contributed by atoms with Crippen LogP contribution in [-0.4, -0.2) is 65.1 Å². The smallest absolute Gasteiger partial charge is 0.171 e. The van der Waals surface area contributed by atoms with Crippen molar-refractivity contribution in [1.82, 2.24) is 9.96 Å². The highest BCUT2D eigenvalue weighted by Crippen LogP contribution is 2.39. The van der Waals surface area contributed by atoms with Crippen LogP contribution in [0.5, 0.6) is 11.5 Å². The highest BCUT2D eigenvalue weighted by Gasteiger charge is 2.27.